The van der Waals surface area contributed by atoms with Crippen LogP contribution in [0.1, 0.15) is 26.2 Å². The number of rotatable bonds is 3. The molecule has 0 N–H and O–H groups in total. The van der Waals surface area contributed by atoms with Gasteiger partial charge in [0.2, 0.25) is 0 Å². The molecule has 0 radical (unpaired) electrons. The van der Waals surface area contributed by atoms with E-state index in [9.17, 15) is 0 Å². The molecule has 0 bridgehead atoms. The van der Waals surface area contributed by atoms with Crippen molar-refractivity contribution in [2.45, 2.75) is 26.2 Å². The molecule has 0 saturated heterocycles. The van der Waals surface area contributed by atoms with Crippen molar-refractivity contribution >= 4 is 5.71 Å². The van der Waals surface area contributed by atoms with Crippen molar-refractivity contribution in [3.63, 3.8) is 0 Å². The maximum atomic E-state index is 4.55. The third-order valence-corrected chi connectivity index (χ3v) is 3.96. The van der Waals surface area contributed by atoms with Crippen molar-refractivity contribution in [3.8, 4) is 0 Å². The Morgan fingerprint density at radius 2 is 2.00 bits per heavy atom. The van der Waals surface area contributed by atoms with E-state index in [4.69, 9.17) is 0 Å². The van der Waals surface area contributed by atoms with Crippen molar-refractivity contribution in [2.75, 3.05) is 0 Å². The lowest BCUT2D eigenvalue weighted by Gasteiger charge is -2.16. The van der Waals surface area contributed by atoms with Crippen molar-refractivity contribution < 1.29 is 0 Å². The molecule has 114 valence electrons. The molecule has 2 aliphatic rings. The second-order valence-electron chi connectivity index (χ2n) is 5.81. The van der Waals surface area contributed by atoms with Crippen LogP contribution in [-0.4, -0.2) is 5.71 Å². The molecule has 0 amide bonds. The lowest BCUT2D eigenvalue weighted by atomic mass is 9.89. The number of aliphatic imine (C=N–C) groups is 1. The van der Waals surface area contributed by atoms with Crippen LogP contribution in [-0.2, 0) is 0 Å². The summed E-state index contributed by atoms with van der Waals surface area (Å²) < 4.78 is 0. The highest BCUT2D eigenvalue weighted by molar-refractivity contribution is 6.15. The molecular weight excluding hydrogens is 266 g/mol. The lowest BCUT2D eigenvalue weighted by Crippen LogP contribution is -2.07. The summed E-state index contributed by atoms with van der Waals surface area (Å²) in [6, 6.07) is 0. The summed E-state index contributed by atoms with van der Waals surface area (Å²) in [6.07, 6.45) is 24.4. The highest BCUT2D eigenvalue weighted by Crippen LogP contribution is 2.21. The Kier molecular flexibility index (Phi) is 6.14. The minimum absolute atomic E-state index is 0.418. The minimum atomic E-state index is 0.418. The highest BCUT2D eigenvalue weighted by atomic mass is 14.7. The van der Waals surface area contributed by atoms with Crippen LogP contribution in [0.15, 0.2) is 90.2 Å². The third kappa shape index (κ3) is 4.70. The largest absolute Gasteiger partial charge is 0.256 e. The molecule has 2 unspecified atom stereocenters. The minimum Gasteiger partial charge on any atom is -0.256 e. The average molecular weight is 291 g/mol. The fourth-order valence-electron chi connectivity index (χ4n) is 2.51. The first kappa shape index (κ1) is 16.2. The van der Waals surface area contributed by atoms with Crippen LogP contribution < -0.4 is 0 Å². The summed E-state index contributed by atoms with van der Waals surface area (Å²) in [4.78, 5) is 4.55. The molecule has 0 fully saturated rings. The molecule has 2 rings (SSSR count). The summed E-state index contributed by atoms with van der Waals surface area (Å²) in [5.74, 6) is 0.935. The third-order valence-electron chi connectivity index (χ3n) is 3.96. The standard InChI is InChI=1S/C21H25N/c1-17-11-8-9-13-20(17)15-14-19(3)21-18(2)12-7-5-4-6-10-16-22-21/h7-17,20H,2-6H2,1H3/b12-7-,15-14-,16-10-,22-21?. The molecule has 1 aliphatic carbocycles. The van der Waals surface area contributed by atoms with E-state index in [2.05, 4.69) is 79.8 Å². The normalized spacial score (nSPS) is 28.4. The van der Waals surface area contributed by atoms with Crippen LogP contribution in [0.2, 0.25) is 0 Å². The number of hydrogen-bond donors (Lipinski definition) is 0. The fraction of sp³-hybridized carbons (Fsp3) is 0.286. The number of nitrogens with zero attached hydrogens (tertiary/aromatic N) is 1. The number of hydrogen-bond acceptors (Lipinski definition) is 1. The summed E-state index contributed by atoms with van der Waals surface area (Å²) in [5, 5.41) is 0. The Bertz CT molecular complexity index is 593. The van der Waals surface area contributed by atoms with E-state index in [0.717, 1.165) is 36.1 Å². The molecule has 2 atom stereocenters. The highest BCUT2D eigenvalue weighted by Gasteiger charge is 2.11. The second-order valence-corrected chi connectivity index (χ2v) is 5.81. The van der Waals surface area contributed by atoms with Gasteiger partial charge in [-0.05, 0) is 36.3 Å². The molecule has 0 aromatic heterocycles. The van der Waals surface area contributed by atoms with Gasteiger partial charge in [0.1, 0.15) is 0 Å². The predicted molar refractivity (Wildman–Crippen MR) is 97.9 cm³/mol. The first-order valence-electron chi connectivity index (χ1n) is 7.99. The fourth-order valence-corrected chi connectivity index (χ4v) is 2.51. The van der Waals surface area contributed by atoms with Crippen LogP contribution in [0, 0.1) is 11.8 Å². The van der Waals surface area contributed by atoms with Gasteiger partial charge in [0, 0.05) is 12.1 Å². The van der Waals surface area contributed by atoms with Gasteiger partial charge in [-0.3, -0.25) is 4.99 Å². The zero-order valence-corrected chi connectivity index (χ0v) is 13.4. The topological polar surface area (TPSA) is 12.4 Å². The first-order chi connectivity index (χ1) is 10.7. The molecule has 0 saturated carbocycles. The molecular formula is C21H25N. The van der Waals surface area contributed by atoms with Gasteiger partial charge >= 0.3 is 0 Å². The van der Waals surface area contributed by atoms with Gasteiger partial charge in [0.15, 0.2) is 0 Å². The van der Waals surface area contributed by atoms with E-state index in [1.54, 1.807) is 0 Å². The Morgan fingerprint density at radius 1 is 1.23 bits per heavy atom. The summed E-state index contributed by atoms with van der Waals surface area (Å²) in [6.45, 7) is 10.5. The van der Waals surface area contributed by atoms with Gasteiger partial charge in [-0.2, -0.15) is 0 Å². The van der Waals surface area contributed by atoms with Crippen molar-refractivity contribution in [3.05, 3.63) is 85.2 Å². The summed E-state index contributed by atoms with van der Waals surface area (Å²) in [5.41, 5.74) is 2.71. The van der Waals surface area contributed by atoms with Crippen LogP contribution >= 0.6 is 0 Å². The second kappa shape index (κ2) is 8.33. The zero-order chi connectivity index (χ0) is 15.8. The van der Waals surface area contributed by atoms with E-state index in [1.807, 2.05) is 6.20 Å². The zero-order valence-electron chi connectivity index (χ0n) is 13.4. The predicted octanol–water partition coefficient (Wildman–Crippen LogP) is 5.73. The smallest absolute Gasteiger partial charge is 0.0761 e. The Labute approximate surface area is 134 Å². The molecule has 1 nitrogen and oxygen atoms in total. The van der Waals surface area contributed by atoms with E-state index >= 15 is 0 Å². The quantitative estimate of drug-likeness (QED) is 0.589. The Hall–Kier alpha value is -2.15. The molecule has 1 heterocycles. The molecule has 1 heteroatoms. The average Bonchev–Trinajstić information content (AvgIpc) is 2.52. The first-order valence-corrected chi connectivity index (χ1v) is 7.99. The van der Waals surface area contributed by atoms with E-state index < -0.39 is 0 Å². The van der Waals surface area contributed by atoms with Gasteiger partial charge < -0.3 is 0 Å². The van der Waals surface area contributed by atoms with Crippen molar-refractivity contribution in [2.24, 2.45) is 16.8 Å². The van der Waals surface area contributed by atoms with E-state index in [-0.39, 0.29) is 0 Å². The SMILES string of the molecule is C=C1/C=C\CCC/C=C\N=C1C(=C)/C=C\C1C=CC=CC1C. The van der Waals surface area contributed by atoms with Crippen LogP contribution in [0.3, 0.4) is 0 Å². The van der Waals surface area contributed by atoms with Gasteiger partial charge in [-0.15, -0.1) is 0 Å². The number of allylic oxidation sites excluding steroid dienone is 11. The van der Waals surface area contributed by atoms with Crippen LogP contribution in [0.25, 0.3) is 0 Å². The molecule has 0 aromatic rings. The summed E-state index contributed by atoms with van der Waals surface area (Å²) in [7, 11) is 0. The monoisotopic (exact) mass is 291 g/mol. The van der Waals surface area contributed by atoms with Crippen molar-refractivity contribution in [1.29, 1.82) is 0 Å². The lowest BCUT2D eigenvalue weighted by molar-refractivity contribution is 0.605. The maximum Gasteiger partial charge on any atom is 0.0761 e. The van der Waals surface area contributed by atoms with Gasteiger partial charge in [0.25, 0.3) is 0 Å². The Balaban J connectivity index is 2.13. The van der Waals surface area contributed by atoms with Gasteiger partial charge in [-0.1, -0.05) is 74.8 Å². The Morgan fingerprint density at radius 3 is 2.82 bits per heavy atom. The van der Waals surface area contributed by atoms with Gasteiger partial charge in [0.05, 0.1) is 5.71 Å². The molecule has 0 aromatic carbocycles. The van der Waals surface area contributed by atoms with Crippen LogP contribution in [0.5, 0.6) is 0 Å². The molecule has 1 aliphatic heterocycles. The van der Waals surface area contributed by atoms with Crippen LogP contribution in [0.4, 0.5) is 0 Å². The van der Waals surface area contributed by atoms with Gasteiger partial charge in [-0.25, -0.2) is 0 Å². The summed E-state index contributed by atoms with van der Waals surface area (Å²) >= 11 is 0. The van der Waals surface area contributed by atoms with E-state index in [0.29, 0.717) is 11.8 Å². The molecule has 22 heavy (non-hydrogen) atoms. The maximum absolute atomic E-state index is 4.55. The van der Waals surface area contributed by atoms with Crippen molar-refractivity contribution in [1.82, 2.24) is 0 Å². The molecule has 0 spiro atoms. The van der Waals surface area contributed by atoms with E-state index in [1.165, 1.54) is 0 Å².